The molecular weight excluding hydrogens is 396 g/mol. The van der Waals surface area contributed by atoms with Gasteiger partial charge in [-0.2, -0.15) is 8.78 Å². The van der Waals surface area contributed by atoms with E-state index in [0.29, 0.717) is 27.3 Å². The van der Waals surface area contributed by atoms with E-state index in [1.54, 1.807) is 72.8 Å². The van der Waals surface area contributed by atoms with Crippen LogP contribution >= 0.6 is 11.6 Å². The molecule has 0 unspecified atom stereocenters. The molecule has 7 heteroatoms. The molecule has 1 amide bonds. The Hall–Kier alpha value is -3.25. The lowest BCUT2D eigenvalue weighted by atomic mass is 10.1. The molecule has 3 aromatic carbocycles. The van der Waals surface area contributed by atoms with Crippen molar-refractivity contribution in [3.63, 3.8) is 0 Å². The summed E-state index contributed by atoms with van der Waals surface area (Å²) in [5.41, 5.74) is 2.83. The van der Waals surface area contributed by atoms with Crippen LogP contribution in [0.4, 0.5) is 14.5 Å². The molecule has 0 saturated carbocycles. The van der Waals surface area contributed by atoms with E-state index in [1.165, 1.54) is 0 Å². The minimum absolute atomic E-state index is 0.181. The Bertz CT molecular complexity index is 1160. The monoisotopic (exact) mass is 411 g/mol. The first kappa shape index (κ1) is 19.1. The Morgan fingerprint density at radius 2 is 1.69 bits per heavy atom. The zero-order valence-corrected chi connectivity index (χ0v) is 15.9. The largest absolute Gasteiger partial charge is 0.326 e. The molecule has 0 bridgehead atoms. The molecule has 4 rings (SSSR count). The van der Waals surface area contributed by atoms with Crippen LogP contribution in [0.1, 0.15) is 12.1 Å². The molecule has 1 N–H and O–H groups in total. The predicted octanol–water partition coefficient (Wildman–Crippen LogP) is 5.93. The second-order valence-electron chi connectivity index (χ2n) is 6.50. The predicted molar refractivity (Wildman–Crippen MR) is 110 cm³/mol. The number of imidazole rings is 1. The van der Waals surface area contributed by atoms with Crippen LogP contribution in [-0.4, -0.2) is 15.5 Å². The number of amides is 1. The number of rotatable bonds is 5. The highest BCUT2D eigenvalue weighted by molar-refractivity contribution is 6.30. The van der Waals surface area contributed by atoms with Gasteiger partial charge in [0, 0.05) is 16.3 Å². The van der Waals surface area contributed by atoms with Gasteiger partial charge in [-0.3, -0.25) is 9.36 Å². The molecule has 29 heavy (non-hydrogen) atoms. The highest BCUT2D eigenvalue weighted by atomic mass is 35.5. The van der Waals surface area contributed by atoms with E-state index in [0.717, 1.165) is 10.1 Å². The van der Waals surface area contributed by atoms with Crippen LogP contribution in [0.3, 0.4) is 0 Å². The van der Waals surface area contributed by atoms with Crippen LogP contribution in [0.25, 0.3) is 22.4 Å². The smallest absolute Gasteiger partial charge is 0.320 e. The lowest BCUT2D eigenvalue weighted by Crippen LogP contribution is -2.14. The summed E-state index contributed by atoms with van der Waals surface area (Å²) in [7, 11) is 0. The number of halogens is 3. The summed E-state index contributed by atoms with van der Waals surface area (Å²) >= 11 is 5.85. The quantitative estimate of drug-likeness (QED) is 0.442. The maximum atomic E-state index is 13.6. The number of nitrogens with one attached hydrogen (secondary N) is 1. The normalized spacial score (nSPS) is 11.2. The molecule has 1 heterocycles. The number of para-hydroxylation sites is 2. The second-order valence-corrected chi connectivity index (χ2v) is 6.94. The van der Waals surface area contributed by atoms with Gasteiger partial charge in [0.25, 0.3) is 0 Å². The van der Waals surface area contributed by atoms with Gasteiger partial charge < -0.3 is 5.32 Å². The minimum Gasteiger partial charge on any atom is -0.326 e. The van der Waals surface area contributed by atoms with Crippen molar-refractivity contribution in [3.8, 4) is 11.4 Å². The fraction of sp³-hybridized carbons (Fsp3) is 0.0909. The van der Waals surface area contributed by atoms with Gasteiger partial charge in [-0.15, -0.1) is 0 Å². The highest BCUT2D eigenvalue weighted by Crippen LogP contribution is 2.30. The molecule has 0 saturated heterocycles. The zero-order valence-electron chi connectivity index (χ0n) is 15.1. The van der Waals surface area contributed by atoms with Crippen molar-refractivity contribution in [2.24, 2.45) is 0 Å². The van der Waals surface area contributed by atoms with Gasteiger partial charge in [-0.05, 0) is 54.1 Å². The van der Waals surface area contributed by atoms with Crippen molar-refractivity contribution in [3.05, 3.63) is 83.4 Å². The second kappa shape index (κ2) is 8.01. The number of aromatic nitrogens is 2. The molecule has 0 spiro atoms. The third-order valence-corrected chi connectivity index (χ3v) is 4.75. The molecule has 0 aliphatic heterocycles. The van der Waals surface area contributed by atoms with Gasteiger partial charge >= 0.3 is 6.55 Å². The lowest BCUT2D eigenvalue weighted by Gasteiger charge is -2.09. The van der Waals surface area contributed by atoms with Crippen LogP contribution in [-0.2, 0) is 11.2 Å². The molecule has 0 aliphatic carbocycles. The van der Waals surface area contributed by atoms with E-state index in [1.807, 2.05) is 0 Å². The summed E-state index contributed by atoms with van der Waals surface area (Å²) in [6.45, 7) is -2.71. The van der Waals surface area contributed by atoms with Gasteiger partial charge in [-0.25, -0.2) is 4.98 Å². The Morgan fingerprint density at radius 3 is 2.38 bits per heavy atom. The highest BCUT2D eigenvalue weighted by Gasteiger charge is 2.18. The Morgan fingerprint density at radius 1 is 1.00 bits per heavy atom. The average molecular weight is 412 g/mol. The van der Waals surface area contributed by atoms with E-state index in [4.69, 9.17) is 11.6 Å². The number of fused-ring (bicyclic) bond motifs is 1. The number of carbonyl (C=O) groups is 1. The van der Waals surface area contributed by atoms with Crippen molar-refractivity contribution in [2.45, 2.75) is 13.0 Å². The lowest BCUT2D eigenvalue weighted by molar-refractivity contribution is -0.115. The molecule has 4 nitrogen and oxygen atoms in total. The van der Waals surface area contributed by atoms with Crippen molar-refractivity contribution >= 4 is 34.2 Å². The van der Waals surface area contributed by atoms with Crippen LogP contribution in [0.5, 0.6) is 0 Å². The number of hydrogen-bond acceptors (Lipinski definition) is 2. The summed E-state index contributed by atoms with van der Waals surface area (Å²) in [4.78, 5) is 16.6. The number of hydrogen-bond donors (Lipinski definition) is 1. The minimum atomic E-state index is -2.71. The third-order valence-electron chi connectivity index (χ3n) is 4.50. The summed E-state index contributed by atoms with van der Waals surface area (Å²) in [6.07, 6.45) is 0.208. The number of alkyl halides is 2. The van der Waals surface area contributed by atoms with E-state index in [9.17, 15) is 13.6 Å². The summed E-state index contributed by atoms with van der Waals surface area (Å²) in [6, 6.07) is 20.5. The average Bonchev–Trinajstić information content (AvgIpc) is 3.10. The van der Waals surface area contributed by atoms with Crippen molar-refractivity contribution < 1.29 is 13.6 Å². The van der Waals surface area contributed by atoms with E-state index >= 15 is 0 Å². The Balaban J connectivity index is 1.54. The Labute approximate surface area is 170 Å². The van der Waals surface area contributed by atoms with Crippen LogP contribution < -0.4 is 5.32 Å². The molecule has 0 radical (unpaired) electrons. The van der Waals surface area contributed by atoms with E-state index in [2.05, 4.69) is 10.3 Å². The first-order chi connectivity index (χ1) is 14.0. The summed E-state index contributed by atoms with van der Waals surface area (Å²) in [5, 5.41) is 3.41. The number of nitrogens with zero attached hydrogens (tertiary/aromatic N) is 2. The van der Waals surface area contributed by atoms with Gasteiger partial charge in [0.1, 0.15) is 5.82 Å². The van der Waals surface area contributed by atoms with Crippen molar-refractivity contribution in [1.29, 1.82) is 0 Å². The molecule has 0 atom stereocenters. The van der Waals surface area contributed by atoms with Crippen molar-refractivity contribution in [1.82, 2.24) is 9.55 Å². The SMILES string of the molecule is O=C(Cc1ccc(Cl)cc1)Nc1ccc(-c2nc3ccccc3n2C(F)F)cc1. The fourth-order valence-corrected chi connectivity index (χ4v) is 3.27. The molecule has 4 aromatic rings. The van der Waals surface area contributed by atoms with E-state index < -0.39 is 6.55 Å². The maximum absolute atomic E-state index is 13.6. The Kier molecular flexibility index (Phi) is 5.27. The van der Waals surface area contributed by atoms with E-state index in [-0.39, 0.29) is 18.2 Å². The van der Waals surface area contributed by atoms with Crippen molar-refractivity contribution in [2.75, 3.05) is 5.32 Å². The fourth-order valence-electron chi connectivity index (χ4n) is 3.14. The van der Waals surface area contributed by atoms with Crippen LogP contribution in [0.15, 0.2) is 72.8 Å². The van der Waals surface area contributed by atoms with Gasteiger partial charge in [-0.1, -0.05) is 35.9 Å². The summed E-state index contributed by atoms with van der Waals surface area (Å²) < 4.78 is 28.1. The van der Waals surface area contributed by atoms with Crippen LogP contribution in [0, 0.1) is 0 Å². The topological polar surface area (TPSA) is 46.9 Å². The summed E-state index contributed by atoms with van der Waals surface area (Å²) in [5.74, 6) is 0.000122. The maximum Gasteiger partial charge on any atom is 0.320 e. The molecular formula is C22H16ClF2N3O. The van der Waals surface area contributed by atoms with Crippen LogP contribution in [0.2, 0.25) is 5.02 Å². The first-order valence-electron chi connectivity index (χ1n) is 8.91. The van der Waals surface area contributed by atoms with Gasteiger partial charge in [0.2, 0.25) is 5.91 Å². The zero-order chi connectivity index (χ0) is 20.4. The number of anilines is 1. The molecule has 1 aromatic heterocycles. The third kappa shape index (κ3) is 4.12. The molecule has 146 valence electrons. The van der Waals surface area contributed by atoms with Gasteiger partial charge in [0.05, 0.1) is 17.5 Å². The molecule has 0 aliphatic rings. The van der Waals surface area contributed by atoms with Gasteiger partial charge in [0.15, 0.2) is 0 Å². The number of carbonyl (C=O) groups excluding carboxylic acids is 1. The first-order valence-corrected chi connectivity index (χ1v) is 9.29. The standard InChI is InChI=1S/C22H16ClF2N3O/c23-16-9-5-14(6-10-16)13-20(29)26-17-11-7-15(8-12-17)21-27-18-3-1-2-4-19(18)28(21)22(24)25/h1-12,22H,13H2,(H,26,29). The molecule has 0 fully saturated rings. The number of benzene rings is 3.